The zero-order valence-corrected chi connectivity index (χ0v) is 11.4. The van der Waals surface area contributed by atoms with Gasteiger partial charge >= 0.3 is 0 Å². The smallest absolute Gasteiger partial charge is 0.282 e. The summed E-state index contributed by atoms with van der Waals surface area (Å²) in [6, 6.07) is 6.70. The van der Waals surface area contributed by atoms with Gasteiger partial charge in [0.05, 0.1) is 4.92 Å². The summed E-state index contributed by atoms with van der Waals surface area (Å²) < 4.78 is 0. The largest absolute Gasteiger partial charge is 0.322 e. The maximum absolute atomic E-state index is 12.1. The fraction of sp³-hybridized carbons (Fsp3) is 0. The predicted octanol–water partition coefficient (Wildman–Crippen LogP) is 3.55. The van der Waals surface area contributed by atoms with Crippen molar-refractivity contribution in [1.82, 2.24) is 4.98 Å². The van der Waals surface area contributed by atoms with E-state index in [-0.39, 0.29) is 21.4 Å². The first-order valence-corrected chi connectivity index (χ1v) is 6.10. The number of rotatable bonds is 3. The van der Waals surface area contributed by atoms with E-state index in [9.17, 15) is 14.9 Å². The summed E-state index contributed by atoms with van der Waals surface area (Å²) in [5.41, 5.74) is -0.0771. The number of carbonyl (C=O) groups excluding carboxylic acids is 1. The molecule has 1 amide bonds. The molecule has 0 bridgehead atoms. The van der Waals surface area contributed by atoms with Crippen LogP contribution in [0.3, 0.4) is 0 Å². The number of benzene rings is 1. The number of anilines is 1. The molecule has 1 aromatic heterocycles. The Hall–Kier alpha value is -2.18. The van der Waals surface area contributed by atoms with Crippen molar-refractivity contribution in [3.63, 3.8) is 0 Å². The molecule has 20 heavy (non-hydrogen) atoms. The first kappa shape index (κ1) is 14.2. The molecule has 0 atom stereocenters. The summed E-state index contributed by atoms with van der Waals surface area (Å²) in [6.45, 7) is 0. The summed E-state index contributed by atoms with van der Waals surface area (Å²) in [7, 11) is 0. The fourth-order valence-corrected chi connectivity index (χ4v) is 1.87. The van der Waals surface area contributed by atoms with Gasteiger partial charge < -0.3 is 5.32 Å². The van der Waals surface area contributed by atoms with Gasteiger partial charge in [-0.2, -0.15) is 0 Å². The monoisotopic (exact) mass is 311 g/mol. The minimum absolute atomic E-state index is 0.129. The van der Waals surface area contributed by atoms with Crippen molar-refractivity contribution in [2.45, 2.75) is 0 Å². The highest BCUT2D eigenvalue weighted by Crippen LogP contribution is 2.24. The molecule has 1 N–H and O–H groups in total. The van der Waals surface area contributed by atoms with E-state index < -0.39 is 10.8 Å². The van der Waals surface area contributed by atoms with Crippen LogP contribution in [0.15, 0.2) is 36.5 Å². The lowest BCUT2D eigenvalue weighted by atomic mass is 10.1. The Kier molecular flexibility index (Phi) is 4.16. The van der Waals surface area contributed by atoms with Crippen LogP contribution in [0.1, 0.15) is 10.4 Å². The molecule has 0 spiro atoms. The van der Waals surface area contributed by atoms with Gasteiger partial charge in [-0.15, -0.1) is 0 Å². The quantitative estimate of drug-likeness (QED) is 0.533. The minimum atomic E-state index is -0.651. The van der Waals surface area contributed by atoms with Crippen molar-refractivity contribution >= 4 is 40.5 Å². The summed E-state index contributed by atoms with van der Waals surface area (Å²) in [4.78, 5) is 26.1. The van der Waals surface area contributed by atoms with Gasteiger partial charge in [-0.25, -0.2) is 4.98 Å². The standard InChI is InChI=1S/C12H7Cl2N3O3/c13-7-1-2-10(17(19)20)9(5-7)12(18)16-8-3-4-15-11(14)6-8/h1-6H,(H,15,16,18). The van der Waals surface area contributed by atoms with Crippen LogP contribution in [0.4, 0.5) is 11.4 Å². The van der Waals surface area contributed by atoms with E-state index >= 15 is 0 Å². The molecule has 1 heterocycles. The number of nitro groups is 1. The zero-order chi connectivity index (χ0) is 14.7. The van der Waals surface area contributed by atoms with E-state index in [1.54, 1.807) is 0 Å². The highest BCUT2D eigenvalue weighted by atomic mass is 35.5. The number of amides is 1. The molecule has 1 aromatic carbocycles. The molecule has 2 aromatic rings. The van der Waals surface area contributed by atoms with E-state index in [2.05, 4.69) is 10.3 Å². The van der Waals surface area contributed by atoms with Crippen molar-refractivity contribution in [3.8, 4) is 0 Å². The van der Waals surface area contributed by atoms with Gasteiger partial charge in [-0.05, 0) is 24.3 Å². The zero-order valence-electron chi connectivity index (χ0n) is 9.84. The van der Waals surface area contributed by atoms with Crippen LogP contribution < -0.4 is 5.32 Å². The van der Waals surface area contributed by atoms with E-state index in [1.165, 1.54) is 36.5 Å². The van der Waals surface area contributed by atoms with Crippen molar-refractivity contribution in [2.24, 2.45) is 0 Å². The maximum Gasteiger partial charge on any atom is 0.282 e. The summed E-state index contributed by atoms with van der Waals surface area (Å²) in [5.74, 6) is -0.651. The number of hydrogen-bond donors (Lipinski definition) is 1. The van der Waals surface area contributed by atoms with E-state index in [1.807, 2.05) is 0 Å². The topological polar surface area (TPSA) is 85.1 Å². The van der Waals surface area contributed by atoms with Crippen LogP contribution >= 0.6 is 23.2 Å². The highest BCUT2D eigenvalue weighted by Gasteiger charge is 2.20. The molecule has 0 saturated carbocycles. The van der Waals surface area contributed by atoms with Crippen molar-refractivity contribution in [3.05, 3.63) is 62.4 Å². The molecule has 0 aliphatic carbocycles. The number of aromatic nitrogens is 1. The number of nitrogens with zero attached hydrogens (tertiary/aromatic N) is 2. The number of pyridine rings is 1. The van der Waals surface area contributed by atoms with Crippen LogP contribution in [0.25, 0.3) is 0 Å². The second-order valence-corrected chi connectivity index (χ2v) is 4.56. The lowest BCUT2D eigenvalue weighted by Gasteiger charge is -2.06. The molecule has 2 rings (SSSR count). The molecule has 0 unspecified atom stereocenters. The van der Waals surface area contributed by atoms with Gasteiger partial charge in [-0.1, -0.05) is 23.2 Å². The summed E-state index contributed by atoms with van der Waals surface area (Å²) >= 11 is 11.4. The lowest BCUT2D eigenvalue weighted by molar-refractivity contribution is -0.385. The number of halogens is 2. The van der Waals surface area contributed by atoms with Crippen LogP contribution in [0, 0.1) is 10.1 Å². The Labute approximate surface area is 123 Å². The molecule has 0 fully saturated rings. The minimum Gasteiger partial charge on any atom is -0.322 e. The summed E-state index contributed by atoms with van der Waals surface area (Å²) in [5, 5.41) is 13.8. The van der Waals surface area contributed by atoms with E-state index in [4.69, 9.17) is 23.2 Å². The molecule has 0 aliphatic heterocycles. The number of nitro benzene ring substituents is 1. The summed E-state index contributed by atoms with van der Waals surface area (Å²) in [6.07, 6.45) is 1.41. The van der Waals surface area contributed by atoms with Crippen molar-refractivity contribution < 1.29 is 9.72 Å². The molecule has 0 radical (unpaired) electrons. The lowest BCUT2D eigenvalue weighted by Crippen LogP contribution is -2.14. The van der Waals surface area contributed by atoms with Gasteiger partial charge in [0.2, 0.25) is 0 Å². The van der Waals surface area contributed by atoms with Crippen LogP contribution in [-0.4, -0.2) is 15.8 Å². The SMILES string of the molecule is O=C(Nc1ccnc(Cl)c1)c1cc(Cl)ccc1[N+](=O)[O-]. The van der Waals surface area contributed by atoms with Gasteiger partial charge in [0, 0.05) is 23.0 Å². The van der Waals surface area contributed by atoms with Crippen LogP contribution in [0.5, 0.6) is 0 Å². The normalized spacial score (nSPS) is 10.1. The molecular weight excluding hydrogens is 305 g/mol. The van der Waals surface area contributed by atoms with Gasteiger partial charge in [0.1, 0.15) is 10.7 Å². The van der Waals surface area contributed by atoms with Crippen LogP contribution in [-0.2, 0) is 0 Å². The van der Waals surface area contributed by atoms with Crippen LogP contribution in [0.2, 0.25) is 10.2 Å². The Bertz CT molecular complexity index is 691. The maximum atomic E-state index is 12.1. The third-order valence-electron chi connectivity index (χ3n) is 2.38. The molecule has 0 aliphatic rings. The predicted molar refractivity (Wildman–Crippen MR) is 75.3 cm³/mol. The fourth-order valence-electron chi connectivity index (χ4n) is 1.53. The average Bonchev–Trinajstić information content (AvgIpc) is 2.38. The molecule has 0 saturated heterocycles. The Morgan fingerprint density at radius 3 is 2.65 bits per heavy atom. The van der Waals surface area contributed by atoms with Gasteiger partial charge in [0.25, 0.3) is 11.6 Å². The van der Waals surface area contributed by atoms with Crippen molar-refractivity contribution in [1.29, 1.82) is 0 Å². The van der Waals surface area contributed by atoms with E-state index in [0.29, 0.717) is 5.69 Å². The third-order valence-corrected chi connectivity index (χ3v) is 2.83. The average molecular weight is 312 g/mol. The van der Waals surface area contributed by atoms with Gasteiger partial charge in [-0.3, -0.25) is 14.9 Å². The van der Waals surface area contributed by atoms with E-state index in [0.717, 1.165) is 0 Å². The second-order valence-electron chi connectivity index (χ2n) is 3.74. The molecule has 8 heteroatoms. The third kappa shape index (κ3) is 3.23. The van der Waals surface area contributed by atoms with Crippen molar-refractivity contribution in [2.75, 3.05) is 5.32 Å². The number of nitrogens with one attached hydrogen (secondary N) is 1. The first-order chi connectivity index (χ1) is 9.47. The molecule has 6 nitrogen and oxygen atoms in total. The number of carbonyl (C=O) groups is 1. The second kappa shape index (κ2) is 5.85. The number of hydrogen-bond acceptors (Lipinski definition) is 4. The highest BCUT2D eigenvalue weighted by molar-refractivity contribution is 6.31. The Morgan fingerprint density at radius 2 is 2.00 bits per heavy atom. The van der Waals surface area contributed by atoms with Gasteiger partial charge in [0.15, 0.2) is 0 Å². The Balaban J connectivity index is 2.34. The molecular formula is C12H7Cl2N3O3. The Morgan fingerprint density at radius 1 is 1.25 bits per heavy atom. The first-order valence-electron chi connectivity index (χ1n) is 5.34. The molecule has 102 valence electrons.